The average molecular weight is 295 g/mol. The van der Waals surface area contributed by atoms with Crippen molar-refractivity contribution in [1.29, 1.82) is 0 Å². The van der Waals surface area contributed by atoms with E-state index in [-0.39, 0.29) is 10.6 Å². The minimum atomic E-state index is -3.87. The Labute approximate surface area is 116 Å². The number of non-ortho nitro benzene ring substituents is 1. The highest BCUT2D eigenvalue weighted by atomic mass is 32.2. The zero-order valence-corrected chi connectivity index (χ0v) is 11.8. The van der Waals surface area contributed by atoms with Gasteiger partial charge >= 0.3 is 0 Å². The van der Waals surface area contributed by atoms with Gasteiger partial charge in [0.1, 0.15) is 5.82 Å². The van der Waals surface area contributed by atoms with Crippen molar-refractivity contribution < 1.29 is 13.3 Å². The summed E-state index contributed by atoms with van der Waals surface area (Å²) in [5, 5.41) is 10.7. The number of nitro groups is 1. The maximum absolute atomic E-state index is 12.5. The highest BCUT2D eigenvalue weighted by Crippen LogP contribution is 2.21. The van der Waals surface area contributed by atoms with E-state index in [1.54, 1.807) is 13.8 Å². The first-order chi connectivity index (χ1) is 9.36. The summed E-state index contributed by atoms with van der Waals surface area (Å²) in [4.78, 5) is 14.1. The molecule has 0 atom stereocenters. The Kier molecular flexibility index (Phi) is 3.58. The lowest BCUT2D eigenvalue weighted by Crippen LogP contribution is -2.15. The number of nitrogens with zero attached hydrogens (tertiary/aromatic N) is 3. The molecule has 8 heteroatoms. The van der Waals surface area contributed by atoms with E-state index in [4.69, 9.17) is 0 Å². The number of hydrogen-bond donors (Lipinski definition) is 0. The molecule has 1 aromatic carbocycles. The fraction of sp³-hybridized carbons (Fsp3) is 0.250. The molecule has 0 amide bonds. The molecule has 0 fully saturated rings. The SMILES string of the molecule is CCc1nc(C)cn1S(=O)(=O)c1cccc([N+](=O)[O-])c1. The lowest BCUT2D eigenvalue weighted by molar-refractivity contribution is -0.385. The van der Waals surface area contributed by atoms with Crippen molar-refractivity contribution >= 4 is 15.7 Å². The molecule has 1 heterocycles. The molecular weight excluding hydrogens is 282 g/mol. The number of rotatable bonds is 4. The van der Waals surface area contributed by atoms with E-state index in [1.807, 2.05) is 0 Å². The fourth-order valence-electron chi connectivity index (χ4n) is 1.84. The van der Waals surface area contributed by atoms with Gasteiger partial charge in [0.25, 0.3) is 15.7 Å². The number of benzene rings is 1. The van der Waals surface area contributed by atoms with Crippen LogP contribution in [0.3, 0.4) is 0 Å². The van der Waals surface area contributed by atoms with Gasteiger partial charge in [-0.1, -0.05) is 13.0 Å². The maximum Gasteiger partial charge on any atom is 0.270 e. The number of nitro benzene ring substituents is 1. The number of aromatic nitrogens is 2. The van der Waals surface area contributed by atoms with Crippen LogP contribution in [-0.4, -0.2) is 22.3 Å². The van der Waals surface area contributed by atoms with Gasteiger partial charge in [0.05, 0.1) is 15.5 Å². The van der Waals surface area contributed by atoms with Gasteiger partial charge in [-0.05, 0) is 13.0 Å². The molecule has 0 aliphatic carbocycles. The van der Waals surface area contributed by atoms with Crippen molar-refractivity contribution in [2.45, 2.75) is 25.2 Å². The van der Waals surface area contributed by atoms with Crippen LogP contribution in [0.1, 0.15) is 18.4 Å². The molecule has 0 saturated heterocycles. The topological polar surface area (TPSA) is 95.1 Å². The summed E-state index contributed by atoms with van der Waals surface area (Å²) in [5.41, 5.74) is 0.316. The smallest absolute Gasteiger partial charge is 0.258 e. The highest BCUT2D eigenvalue weighted by Gasteiger charge is 2.22. The van der Waals surface area contributed by atoms with Gasteiger partial charge in [-0.3, -0.25) is 10.1 Å². The Balaban J connectivity index is 2.60. The third kappa shape index (κ3) is 2.42. The van der Waals surface area contributed by atoms with E-state index in [1.165, 1.54) is 24.4 Å². The largest absolute Gasteiger partial charge is 0.270 e. The van der Waals surface area contributed by atoms with Crippen molar-refractivity contribution in [2.75, 3.05) is 0 Å². The quantitative estimate of drug-likeness (QED) is 0.634. The molecule has 0 unspecified atom stereocenters. The van der Waals surface area contributed by atoms with Crippen LogP contribution in [0.2, 0.25) is 0 Å². The van der Waals surface area contributed by atoms with E-state index in [0.717, 1.165) is 10.0 Å². The van der Waals surface area contributed by atoms with Gasteiger partial charge < -0.3 is 0 Å². The van der Waals surface area contributed by atoms with Gasteiger partial charge in [0.2, 0.25) is 0 Å². The van der Waals surface area contributed by atoms with E-state index in [9.17, 15) is 18.5 Å². The van der Waals surface area contributed by atoms with Gasteiger partial charge in [-0.2, -0.15) is 0 Å². The zero-order valence-electron chi connectivity index (χ0n) is 11.0. The molecular formula is C12H13N3O4S. The van der Waals surface area contributed by atoms with Crippen molar-refractivity contribution in [3.05, 3.63) is 52.1 Å². The molecule has 0 aliphatic heterocycles. The van der Waals surface area contributed by atoms with Crippen molar-refractivity contribution in [1.82, 2.24) is 8.96 Å². The van der Waals surface area contributed by atoms with Crippen molar-refractivity contribution in [3.8, 4) is 0 Å². The molecule has 0 aliphatic rings. The Hall–Kier alpha value is -2.22. The third-order valence-corrected chi connectivity index (χ3v) is 4.45. The molecule has 2 rings (SSSR count). The van der Waals surface area contributed by atoms with Crippen LogP contribution in [0.15, 0.2) is 35.4 Å². The van der Waals surface area contributed by atoms with E-state index in [2.05, 4.69) is 4.98 Å². The second-order valence-electron chi connectivity index (χ2n) is 4.21. The summed E-state index contributed by atoms with van der Waals surface area (Å²) in [7, 11) is -3.87. The van der Waals surface area contributed by atoms with Crippen LogP contribution in [0.4, 0.5) is 5.69 Å². The van der Waals surface area contributed by atoms with Gasteiger partial charge in [0.15, 0.2) is 0 Å². The summed E-state index contributed by atoms with van der Waals surface area (Å²) in [6.45, 7) is 3.49. The number of imidazole rings is 1. The van der Waals surface area contributed by atoms with E-state index in [0.29, 0.717) is 17.9 Å². The van der Waals surface area contributed by atoms with Gasteiger partial charge in [0, 0.05) is 24.8 Å². The number of hydrogen-bond acceptors (Lipinski definition) is 5. The molecule has 1 aromatic heterocycles. The summed E-state index contributed by atoms with van der Waals surface area (Å²) < 4.78 is 26.1. The monoisotopic (exact) mass is 295 g/mol. The normalized spacial score (nSPS) is 11.5. The summed E-state index contributed by atoms with van der Waals surface area (Å²) >= 11 is 0. The van der Waals surface area contributed by atoms with Crippen LogP contribution < -0.4 is 0 Å². The van der Waals surface area contributed by atoms with Gasteiger partial charge in [-0.15, -0.1) is 0 Å². The molecule has 0 radical (unpaired) electrons. The first-order valence-electron chi connectivity index (χ1n) is 5.91. The summed E-state index contributed by atoms with van der Waals surface area (Å²) in [6.07, 6.45) is 1.86. The van der Waals surface area contributed by atoms with Crippen LogP contribution in [0, 0.1) is 17.0 Å². The zero-order chi connectivity index (χ0) is 14.9. The van der Waals surface area contributed by atoms with Crippen molar-refractivity contribution in [2.24, 2.45) is 0 Å². The van der Waals surface area contributed by atoms with E-state index >= 15 is 0 Å². The average Bonchev–Trinajstić information content (AvgIpc) is 2.81. The highest BCUT2D eigenvalue weighted by molar-refractivity contribution is 7.90. The van der Waals surface area contributed by atoms with Crippen molar-refractivity contribution in [3.63, 3.8) is 0 Å². The molecule has 0 spiro atoms. The predicted molar refractivity (Wildman–Crippen MR) is 72.0 cm³/mol. The lowest BCUT2D eigenvalue weighted by atomic mass is 10.3. The molecule has 7 nitrogen and oxygen atoms in total. The maximum atomic E-state index is 12.5. The number of aryl methyl sites for hydroxylation is 2. The second kappa shape index (κ2) is 5.04. The van der Waals surface area contributed by atoms with E-state index < -0.39 is 14.9 Å². The third-order valence-electron chi connectivity index (χ3n) is 2.77. The first kappa shape index (κ1) is 14.2. The minimum absolute atomic E-state index is 0.126. The molecule has 106 valence electrons. The van der Waals surface area contributed by atoms with Crippen LogP contribution >= 0.6 is 0 Å². The molecule has 0 bridgehead atoms. The minimum Gasteiger partial charge on any atom is -0.258 e. The van der Waals surface area contributed by atoms with Crippen LogP contribution in [0.5, 0.6) is 0 Å². The molecule has 20 heavy (non-hydrogen) atoms. The lowest BCUT2D eigenvalue weighted by Gasteiger charge is -2.07. The van der Waals surface area contributed by atoms with Crippen LogP contribution in [0.25, 0.3) is 0 Å². The first-order valence-corrected chi connectivity index (χ1v) is 7.35. The summed E-state index contributed by atoms with van der Waals surface area (Å²) in [5.74, 6) is 0.397. The molecule has 0 N–H and O–H groups in total. The second-order valence-corrected chi connectivity index (χ2v) is 6.02. The predicted octanol–water partition coefficient (Wildman–Crippen LogP) is 1.90. The van der Waals surface area contributed by atoms with Gasteiger partial charge in [-0.25, -0.2) is 17.4 Å². The fourth-order valence-corrected chi connectivity index (χ4v) is 3.33. The Morgan fingerprint density at radius 2 is 2.10 bits per heavy atom. The standard InChI is InChI=1S/C12H13N3O4S/c1-3-12-13-9(2)8-14(12)20(18,19)11-6-4-5-10(7-11)15(16)17/h4-8H,3H2,1-2H3. The Bertz CT molecular complexity index is 765. The Morgan fingerprint density at radius 3 is 2.70 bits per heavy atom. The summed E-state index contributed by atoms with van der Waals surface area (Å²) in [6, 6.07) is 4.97. The van der Waals surface area contributed by atoms with Crippen LogP contribution in [-0.2, 0) is 16.4 Å². The molecule has 0 saturated carbocycles. The Morgan fingerprint density at radius 1 is 1.40 bits per heavy atom. The molecule has 2 aromatic rings.